The van der Waals surface area contributed by atoms with Crippen molar-refractivity contribution in [3.05, 3.63) is 162 Å². The van der Waals surface area contributed by atoms with E-state index >= 15 is 0 Å². The van der Waals surface area contributed by atoms with Crippen molar-refractivity contribution in [3.8, 4) is 0 Å². The van der Waals surface area contributed by atoms with Crippen molar-refractivity contribution in [1.29, 1.82) is 0 Å². The van der Waals surface area contributed by atoms with Crippen molar-refractivity contribution in [2.75, 3.05) is 5.32 Å². The normalized spacial score (nSPS) is 13.7. The molecule has 0 radical (unpaired) electrons. The van der Waals surface area contributed by atoms with Gasteiger partial charge in [-0.05, 0) is 48.1 Å². The van der Waals surface area contributed by atoms with Crippen LogP contribution in [-0.2, 0) is 21.5 Å². The predicted octanol–water partition coefficient (Wildman–Crippen LogP) is 7.04. The minimum Gasteiger partial charge on any atom is -0.349 e. The number of fused-ring (bicyclic) bond motifs is 1. The van der Waals surface area contributed by atoms with Crippen molar-refractivity contribution in [2.24, 2.45) is 5.92 Å². The third-order valence-corrected chi connectivity index (χ3v) is 8.72. The molecule has 228 valence electrons. The summed E-state index contributed by atoms with van der Waals surface area (Å²) in [6.45, 7) is 1.97. The number of hydrogen-bond donors (Lipinski definition) is 2. The molecule has 4 aromatic carbocycles. The molecule has 2 heterocycles. The Morgan fingerprint density at radius 1 is 0.804 bits per heavy atom. The summed E-state index contributed by atoms with van der Waals surface area (Å²) in [5.74, 6) is 0.303. The lowest BCUT2D eigenvalue weighted by Gasteiger charge is -2.37. The highest BCUT2D eigenvalue weighted by molar-refractivity contribution is 6.01. The Kier molecular flexibility index (Phi) is 7.89. The number of benzene rings is 4. The molecule has 1 fully saturated rings. The van der Waals surface area contributed by atoms with Crippen molar-refractivity contribution in [3.63, 3.8) is 0 Å². The van der Waals surface area contributed by atoms with Crippen LogP contribution in [0.25, 0.3) is 10.9 Å². The molecule has 46 heavy (non-hydrogen) atoms. The fourth-order valence-corrected chi connectivity index (χ4v) is 6.25. The molecular formula is C39H35N5O2. The van der Waals surface area contributed by atoms with Crippen LogP contribution < -0.4 is 10.6 Å². The quantitative estimate of drug-likeness (QED) is 0.164. The molecule has 0 unspecified atom stereocenters. The van der Waals surface area contributed by atoms with Gasteiger partial charge in [-0.1, -0.05) is 121 Å². The number of rotatable bonds is 10. The van der Waals surface area contributed by atoms with E-state index in [9.17, 15) is 9.59 Å². The second kappa shape index (κ2) is 12.4. The number of nitrogens with one attached hydrogen (secondary N) is 2. The zero-order valence-corrected chi connectivity index (χ0v) is 25.6. The maximum absolute atomic E-state index is 13.3. The summed E-state index contributed by atoms with van der Waals surface area (Å²) in [5.41, 5.74) is 4.50. The highest BCUT2D eigenvalue weighted by Gasteiger charge is 2.41. The monoisotopic (exact) mass is 605 g/mol. The lowest BCUT2D eigenvalue weighted by atomic mass is 9.77. The topological polar surface area (TPSA) is 88.9 Å². The average molecular weight is 606 g/mol. The van der Waals surface area contributed by atoms with E-state index in [0.29, 0.717) is 16.9 Å². The van der Waals surface area contributed by atoms with Crippen LogP contribution in [-0.4, -0.2) is 26.6 Å². The van der Waals surface area contributed by atoms with Crippen LogP contribution in [0.2, 0.25) is 0 Å². The van der Waals surface area contributed by atoms with Crippen molar-refractivity contribution < 1.29 is 9.59 Å². The molecule has 7 heteroatoms. The molecule has 1 saturated carbocycles. The summed E-state index contributed by atoms with van der Waals surface area (Å²) in [6, 6.07) is 42.5. The first kappa shape index (κ1) is 29.2. The van der Waals surface area contributed by atoms with Gasteiger partial charge in [0.15, 0.2) is 5.82 Å². The maximum Gasteiger partial charge on any atom is 0.228 e. The molecule has 7 nitrogen and oxygen atoms in total. The summed E-state index contributed by atoms with van der Waals surface area (Å²) in [6.07, 6.45) is 3.59. The van der Waals surface area contributed by atoms with Gasteiger partial charge in [0.1, 0.15) is 5.54 Å². The minimum atomic E-state index is -0.909. The molecular weight excluding hydrogens is 570 g/mol. The molecule has 0 bridgehead atoms. The van der Waals surface area contributed by atoms with E-state index in [4.69, 9.17) is 10.1 Å². The van der Waals surface area contributed by atoms with E-state index in [-0.39, 0.29) is 30.2 Å². The van der Waals surface area contributed by atoms with Gasteiger partial charge in [-0.3, -0.25) is 14.6 Å². The molecule has 2 aromatic heterocycles. The maximum atomic E-state index is 13.3. The third-order valence-electron chi connectivity index (χ3n) is 8.72. The fourth-order valence-electron chi connectivity index (χ4n) is 6.25. The molecule has 1 aliphatic carbocycles. The number of amides is 2. The summed E-state index contributed by atoms with van der Waals surface area (Å²) < 4.78 is 2.00. The van der Waals surface area contributed by atoms with Gasteiger partial charge in [0.05, 0.1) is 29.1 Å². The Morgan fingerprint density at radius 2 is 1.33 bits per heavy atom. The number of aromatic nitrogens is 3. The third kappa shape index (κ3) is 5.56. The van der Waals surface area contributed by atoms with E-state index in [2.05, 4.69) is 47.0 Å². The number of pyridine rings is 1. The Morgan fingerprint density at radius 3 is 1.85 bits per heavy atom. The van der Waals surface area contributed by atoms with Gasteiger partial charge in [0.25, 0.3) is 0 Å². The van der Waals surface area contributed by atoms with Crippen LogP contribution in [0.1, 0.15) is 53.8 Å². The lowest BCUT2D eigenvalue weighted by molar-refractivity contribution is -0.121. The molecule has 1 atom stereocenters. The summed E-state index contributed by atoms with van der Waals surface area (Å²) in [5, 5.41) is 12.1. The number of nitrogens with zero attached hydrogens (tertiary/aromatic N) is 3. The van der Waals surface area contributed by atoms with Gasteiger partial charge >= 0.3 is 0 Å². The first-order valence-corrected chi connectivity index (χ1v) is 15.7. The van der Waals surface area contributed by atoms with Gasteiger partial charge < -0.3 is 10.6 Å². The van der Waals surface area contributed by atoms with Gasteiger partial charge in [0, 0.05) is 12.1 Å². The van der Waals surface area contributed by atoms with E-state index in [1.165, 1.54) is 0 Å². The van der Waals surface area contributed by atoms with Crippen LogP contribution in [0.3, 0.4) is 0 Å². The van der Waals surface area contributed by atoms with Crippen molar-refractivity contribution >= 4 is 28.5 Å². The molecule has 0 spiro atoms. The zero-order valence-electron chi connectivity index (χ0n) is 25.6. The smallest absolute Gasteiger partial charge is 0.228 e. The summed E-state index contributed by atoms with van der Waals surface area (Å²) >= 11 is 0. The summed E-state index contributed by atoms with van der Waals surface area (Å²) in [7, 11) is 0. The van der Waals surface area contributed by atoms with Crippen LogP contribution in [0, 0.1) is 5.92 Å². The molecule has 7 rings (SSSR count). The molecule has 1 aliphatic rings. The second-order valence-corrected chi connectivity index (χ2v) is 11.9. The van der Waals surface area contributed by atoms with E-state index in [1.807, 2.05) is 103 Å². The Bertz CT molecular complexity index is 1870. The average Bonchev–Trinajstić information content (AvgIpc) is 3.90. The molecule has 6 aromatic rings. The van der Waals surface area contributed by atoms with E-state index < -0.39 is 5.54 Å². The van der Waals surface area contributed by atoms with E-state index in [1.54, 1.807) is 6.20 Å². The largest absolute Gasteiger partial charge is 0.349 e. The van der Waals surface area contributed by atoms with Crippen LogP contribution >= 0.6 is 0 Å². The van der Waals surface area contributed by atoms with Gasteiger partial charge in [-0.2, -0.15) is 5.10 Å². The number of hydrogen-bond acceptors (Lipinski definition) is 4. The first-order chi connectivity index (χ1) is 22.5. The lowest BCUT2D eigenvalue weighted by Crippen LogP contribution is -2.38. The van der Waals surface area contributed by atoms with Crippen LogP contribution in [0.15, 0.2) is 134 Å². The van der Waals surface area contributed by atoms with E-state index in [0.717, 1.165) is 40.6 Å². The Labute approximate surface area is 268 Å². The van der Waals surface area contributed by atoms with Gasteiger partial charge in [-0.25, -0.2) is 4.68 Å². The second-order valence-electron chi connectivity index (χ2n) is 11.9. The zero-order chi connectivity index (χ0) is 31.5. The van der Waals surface area contributed by atoms with Crippen molar-refractivity contribution in [2.45, 2.75) is 37.8 Å². The first-order valence-electron chi connectivity index (χ1n) is 15.7. The molecule has 0 saturated heterocycles. The van der Waals surface area contributed by atoms with Crippen LogP contribution in [0.4, 0.5) is 5.82 Å². The molecule has 2 N–H and O–H groups in total. The Hall–Kier alpha value is -5.56. The van der Waals surface area contributed by atoms with Crippen molar-refractivity contribution in [1.82, 2.24) is 20.1 Å². The number of carbonyl (C=O) groups excluding carboxylic acids is 2. The van der Waals surface area contributed by atoms with Crippen LogP contribution in [0.5, 0.6) is 0 Å². The Balaban J connectivity index is 1.40. The highest BCUT2D eigenvalue weighted by Crippen LogP contribution is 2.43. The highest BCUT2D eigenvalue weighted by atomic mass is 16.2. The molecule has 2 amide bonds. The standard InChI is InChI=1S/C39H35N5O2/c1-27(28-14-6-2-7-15-28)41-36(45)25-33-24-35-34(26-40-33)37(42-38(46)29-22-23-29)43-44(35)39(30-16-8-3-9-17-30,31-18-10-4-11-19-31)32-20-12-5-13-21-32/h2-21,24,26-27,29H,22-23,25H2,1H3,(H,41,45)(H,42,43,46)/t27-/m1/s1. The molecule has 0 aliphatic heterocycles. The fraction of sp³-hybridized carbons (Fsp3) is 0.179. The summed E-state index contributed by atoms with van der Waals surface area (Å²) in [4.78, 5) is 31.1. The van der Waals surface area contributed by atoms with Gasteiger partial charge in [-0.15, -0.1) is 0 Å². The number of anilines is 1. The number of carbonyl (C=O) groups is 2. The predicted molar refractivity (Wildman–Crippen MR) is 180 cm³/mol. The minimum absolute atomic E-state index is 0.00450. The van der Waals surface area contributed by atoms with Gasteiger partial charge in [0.2, 0.25) is 11.8 Å². The SMILES string of the molecule is C[C@@H](NC(=O)Cc1cc2c(cn1)c(NC(=O)C1CC1)nn2C(c1ccccc1)(c1ccccc1)c1ccccc1)c1ccccc1.